The highest BCUT2D eigenvalue weighted by molar-refractivity contribution is 5.91. The number of morpholine rings is 1. The van der Waals surface area contributed by atoms with Gasteiger partial charge < -0.3 is 15.2 Å². The number of β-amino-alcohol motifs (C(OH)–C–C–N with tert-alkyl or cyclic N) is 1. The molecule has 0 amide bonds. The minimum Gasteiger partial charge on any atom is -0.387 e. The maximum atomic E-state index is 12.9. The number of pyridine rings is 1. The van der Waals surface area contributed by atoms with Crippen molar-refractivity contribution in [3.63, 3.8) is 0 Å². The van der Waals surface area contributed by atoms with E-state index in [0.717, 1.165) is 25.2 Å². The maximum Gasteiger partial charge on any atom is 0.416 e. The Labute approximate surface area is 149 Å². The number of rotatable bonds is 5. The molecule has 1 atom stereocenters. The average molecular weight is 369 g/mol. The van der Waals surface area contributed by atoms with Crippen LogP contribution in [0.15, 0.2) is 30.5 Å². The normalized spacial score (nSPS) is 18.7. The second-order valence-corrected chi connectivity index (χ2v) is 6.83. The molecule has 1 unspecified atom stereocenters. The number of hydrogen-bond acceptors (Lipinski definition) is 5. The Morgan fingerprint density at radius 2 is 1.96 bits per heavy atom. The number of aliphatic hydroxyl groups is 1. The van der Waals surface area contributed by atoms with Gasteiger partial charge in [0.2, 0.25) is 0 Å². The summed E-state index contributed by atoms with van der Waals surface area (Å²) >= 11 is 0. The first-order valence-electron chi connectivity index (χ1n) is 8.47. The number of fused-ring (bicyclic) bond motifs is 1. The Morgan fingerprint density at radius 3 is 2.65 bits per heavy atom. The van der Waals surface area contributed by atoms with E-state index in [2.05, 4.69) is 15.2 Å². The van der Waals surface area contributed by atoms with Crippen LogP contribution in [0.1, 0.15) is 12.5 Å². The minimum absolute atomic E-state index is 0.262. The van der Waals surface area contributed by atoms with Crippen LogP contribution >= 0.6 is 0 Å². The van der Waals surface area contributed by atoms with Crippen LogP contribution in [0.3, 0.4) is 0 Å². The zero-order chi connectivity index (χ0) is 18.8. The predicted octanol–water partition coefficient (Wildman–Crippen LogP) is 2.75. The first kappa shape index (κ1) is 18.9. The van der Waals surface area contributed by atoms with Crippen LogP contribution in [0, 0.1) is 0 Å². The lowest BCUT2D eigenvalue weighted by atomic mass is 10.1. The van der Waals surface area contributed by atoms with Crippen molar-refractivity contribution >= 4 is 16.6 Å². The van der Waals surface area contributed by atoms with Gasteiger partial charge in [-0.05, 0) is 25.1 Å². The van der Waals surface area contributed by atoms with Crippen LogP contribution in [0.5, 0.6) is 0 Å². The fourth-order valence-corrected chi connectivity index (χ4v) is 3.06. The van der Waals surface area contributed by atoms with Crippen molar-refractivity contribution in [1.29, 1.82) is 0 Å². The molecule has 8 heteroatoms. The largest absolute Gasteiger partial charge is 0.416 e. The zero-order valence-electron chi connectivity index (χ0n) is 14.5. The highest BCUT2D eigenvalue weighted by atomic mass is 19.4. The topological polar surface area (TPSA) is 57.6 Å². The molecule has 3 rings (SSSR count). The van der Waals surface area contributed by atoms with Crippen molar-refractivity contribution in [1.82, 2.24) is 9.88 Å². The highest BCUT2D eigenvalue weighted by Gasteiger charge is 2.31. The van der Waals surface area contributed by atoms with Gasteiger partial charge in [-0.1, -0.05) is 6.07 Å². The first-order valence-corrected chi connectivity index (χ1v) is 8.47. The third kappa shape index (κ3) is 4.63. The van der Waals surface area contributed by atoms with E-state index in [-0.39, 0.29) is 12.1 Å². The number of ether oxygens (including phenoxy) is 1. The number of halogens is 3. The summed E-state index contributed by atoms with van der Waals surface area (Å²) in [6, 6.07) is 5.18. The molecule has 1 fully saturated rings. The molecule has 1 saturated heterocycles. The van der Waals surface area contributed by atoms with Crippen LogP contribution in [-0.4, -0.2) is 60.0 Å². The quantitative estimate of drug-likeness (QED) is 0.849. The molecule has 2 N–H and O–H groups in total. The van der Waals surface area contributed by atoms with E-state index in [4.69, 9.17) is 4.74 Å². The van der Waals surface area contributed by atoms with E-state index >= 15 is 0 Å². The zero-order valence-corrected chi connectivity index (χ0v) is 14.5. The molecule has 0 aliphatic carbocycles. The number of alkyl halides is 3. The van der Waals surface area contributed by atoms with E-state index in [1.54, 1.807) is 13.0 Å². The van der Waals surface area contributed by atoms with Gasteiger partial charge in [0.1, 0.15) is 0 Å². The molecule has 0 spiro atoms. The Morgan fingerprint density at radius 1 is 1.23 bits per heavy atom. The van der Waals surface area contributed by atoms with E-state index < -0.39 is 17.3 Å². The minimum atomic E-state index is -4.40. The van der Waals surface area contributed by atoms with Crippen LogP contribution in [-0.2, 0) is 10.9 Å². The smallest absolute Gasteiger partial charge is 0.387 e. The molecule has 2 aromatic rings. The Balaban J connectivity index is 1.72. The van der Waals surface area contributed by atoms with E-state index in [0.29, 0.717) is 30.8 Å². The van der Waals surface area contributed by atoms with E-state index in [9.17, 15) is 18.3 Å². The van der Waals surface area contributed by atoms with Gasteiger partial charge in [-0.2, -0.15) is 13.2 Å². The van der Waals surface area contributed by atoms with Crippen molar-refractivity contribution in [2.45, 2.75) is 18.7 Å². The Kier molecular flexibility index (Phi) is 5.36. The van der Waals surface area contributed by atoms with Crippen LogP contribution < -0.4 is 5.32 Å². The summed E-state index contributed by atoms with van der Waals surface area (Å²) in [5.74, 6) is 0. The summed E-state index contributed by atoms with van der Waals surface area (Å²) in [5.41, 5.74) is -0.809. The summed E-state index contributed by atoms with van der Waals surface area (Å²) < 4.78 is 43.9. The molecule has 1 aliphatic rings. The van der Waals surface area contributed by atoms with Gasteiger partial charge in [0.05, 0.1) is 29.9 Å². The Bertz CT molecular complexity index is 759. The SMILES string of the molecule is CC(O)(CNc1ccnc2cc(C(F)(F)F)ccc12)CN1CCOCC1. The molecule has 2 heterocycles. The van der Waals surface area contributed by atoms with Gasteiger partial charge >= 0.3 is 6.18 Å². The molecular formula is C18H22F3N3O2. The lowest BCUT2D eigenvalue weighted by Crippen LogP contribution is -2.49. The van der Waals surface area contributed by atoms with Crippen molar-refractivity contribution in [2.24, 2.45) is 0 Å². The van der Waals surface area contributed by atoms with Gasteiger partial charge in [-0.25, -0.2) is 0 Å². The van der Waals surface area contributed by atoms with E-state index in [1.807, 2.05) is 0 Å². The van der Waals surface area contributed by atoms with Gasteiger partial charge in [0.25, 0.3) is 0 Å². The molecule has 0 bridgehead atoms. The van der Waals surface area contributed by atoms with Crippen molar-refractivity contribution in [2.75, 3.05) is 44.7 Å². The van der Waals surface area contributed by atoms with Gasteiger partial charge in [0.15, 0.2) is 0 Å². The molecule has 1 aliphatic heterocycles. The van der Waals surface area contributed by atoms with Crippen molar-refractivity contribution in [3.05, 3.63) is 36.0 Å². The number of aromatic nitrogens is 1. The fraction of sp³-hybridized carbons (Fsp3) is 0.500. The number of nitrogens with one attached hydrogen (secondary N) is 1. The Hall–Kier alpha value is -1.90. The predicted molar refractivity (Wildman–Crippen MR) is 93.1 cm³/mol. The highest BCUT2D eigenvalue weighted by Crippen LogP contribution is 2.32. The monoisotopic (exact) mass is 369 g/mol. The lowest BCUT2D eigenvalue weighted by Gasteiger charge is -2.34. The number of nitrogens with zero attached hydrogens (tertiary/aromatic N) is 2. The fourth-order valence-electron chi connectivity index (χ4n) is 3.06. The van der Waals surface area contributed by atoms with Crippen LogP contribution in [0.25, 0.3) is 10.9 Å². The lowest BCUT2D eigenvalue weighted by molar-refractivity contribution is -0.137. The summed E-state index contributed by atoms with van der Waals surface area (Å²) in [6.45, 7) is 5.35. The summed E-state index contributed by atoms with van der Waals surface area (Å²) in [5, 5.41) is 14.4. The number of hydrogen-bond donors (Lipinski definition) is 2. The second kappa shape index (κ2) is 7.38. The van der Waals surface area contributed by atoms with Gasteiger partial charge in [0, 0.05) is 43.4 Å². The van der Waals surface area contributed by atoms with E-state index in [1.165, 1.54) is 12.3 Å². The maximum absolute atomic E-state index is 12.9. The van der Waals surface area contributed by atoms with Crippen molar-refractivity contribution < 1.29 is 23.0 Å². The molecule has 1 aromatic heterocycles. The molecule has 1 aromatic carbocycles. The molecule has 5 nitrogen and oxygen atoms in total. The third-order valence-corrected chi connectivity index (χ3v) is 4.40. The van der Waals surface area contributed by atoms with Crippen LogP contribution in [0.4, 0.5) is 18.9 Å². The number of anilines is 1. The van der Waals surface area contributed by atoms with Gasteiger partial charge in [-0.15, -0.1) is 0 Å². The molecule has 26 heavy (non-hydrogen) atoms. The molecule has 0 radical (unpaired) electrons. The summed E-state index contributed by atoms with van der Waals surface area (Å²) in [4.78, 5) is 6.16. The van der Waals surface area contributed by atoms with Crippen LogP contribution in [0.2, 0.25) is 0 Å². The standard InChI is InChI=1S/C18H22F3N3O2/c1-17(25,12-24-6-8-26-9-7-24)11-23-15-4-5-22-16-10-13(18(19,20)21)2-3-14(15)16/h2-5,10,25H,6-9,11-12H2,1H3,(H,22,23). The van der Waals surface area contributed by atoms with Gasteiger partial charge in [-0.3, -0.25) is 9.88 Å². The average Bonchev–Trinajstić information content (AvgIpc) is 2.59. The summed E-state index contributed by atoms with van der Waals surface area (Å²) in [7, 11) is 0. The molecule has 0 saturated carbocycles. The second-order valence-electron chi connectivity index (χ2n) is 6.83. The first-order chi connectivity index (χ1) is 12.2. The van der Waals surface area contributed by atoms with Crippen molar-refractivity contribution in [3.8, 4) is 0 Å². The summed E-state index contributed by atoms with van der Waals surface area (Å²) in [6.07, 6.45) is -2.94. The molecular weight excluding hydrogens is 347 g/mol. The number of benzene rings is 1. The molecule has 142 valence electrons. The third-order valence-electron chi connectivity index (χ3n) is 4.40.